The number of fused-ring (bicyclic) bond motifs is 1. The topological polar surface area (TPSA) is 45.2 Å². The molecule has 0 saturated carbocycles. The van der Waals surface area contributed by atoms with Crippen molar-refractivity contribution in [3.05, 3.63) is 88.4 Å². The first-order valence-corrected chi connectivity index (χ1v) is 14.9. The van der Waals surface area contributed by atoms with Gasteiger partial charge in [0.15, 0.2) is 11.5 Å². The maximum atomic E-state index is 9.97. The molecule has 1 N–H and O–H groups in total. The van der Waals surface area contributed by atoms with Crippen molar-refractivity contribution < 1.29 is 14.6 Å². The molecule has 0 amide bonds. The summed E-state index contributed by atoms with van der Waals surface area (Å²) in [5.74, 6) is 3.54. The molecule has 3 atom stereocenters. The number of methoxy groups -OCH3 is 2. The number of phenolic OH excluding ortho intramolecular Hbond substituents is 1. The number of nitrogens with zero attached hydrogens (tertiary/aromatic N) is 2. The Balaban J connectivity index is 1.34. The number of benzene rings is 2. The smallest absolute Gasteiger partial charge is 0.158 e. The van der Waals surface area contributed by atoms with Crippen LogP contribution in [-0.2, 0) is 28.9 Å². The van der Waals surface area contributed by atoms with E-state index in [-0.39, 0.29) is 6.04 Å². The van der Waals surface area contributed by atoms with Crippen molar-refractivity contribution in [1.82, 2.24) is 9.80 Å². The molecular weight excluding hydrogens is 484 g/mol. The SMILES string of the molecule is CCN1CCC(c2ccc(CN(CC)C3C=C(OC)C(OC)=CC3[C@@H]3CCc4cc(O)ccc4C3)cc2)CC1. The standard InChI is InChI=1S/C34H46N2O3/c1-5-35-17-15-26(16-18-35)25-9-7-24(8-10-25)23-36(6-2)32-22-34(39-4)33(38-3)21-31(32)29-12-11-28-20-30(37)14-13-27(28)19-29/h7-10,13-14,20-22,26,29,31-32,37H,5-6,11-12,15-19,23H2,1-4H3/t29-,31?,32?/m1/s1. The monoisotopic (exact) mass is 530 g/mol. The molecule has 2 unspecified atom stereocenters. The number of rotatable bonds is 9. The largest absolute Gasteiger partial charge is 0.508 e. The van der Waals surface area contributed by atoms with Crippen LogP contribution in [0.1, 0.15) is 61.3 Å². The minimum Gasteiger partial charge on any atom is -0.508 e. The number of ether oxygens (including phenoxy) is 2. The Kier molecular flexibility index (Phi) is 8.99. The third-order valence-electron chi connectivity index (χ3n) is 9.44. The molecular formula is C34H46N2O3. The van der Waals surface area contributed by atoms with Crippen LogP contribution < -0.4 is 0 Å². The zero-order valence-corrected chi connectivity index (χ0v) is 24.2. The van der Waals surface area contributed by atoms with Crippen molar-refractivity contribution in [2.75, 3.05) is 40.4 Å². The minimum atomic E-state index is 0.227. The fraction of sp³-hybridized carbons (Fsp3) is 0.529. The third kappa shape index (κ3) is 6.20. The van der Waals surface area contributed by atoms with Crippen LogP contribution in [0.5, 0.6) is 5.75 Å². The van der Waals surface area contributed by atoms with E-state index in [9.17, 15) is 5.11 Å². The molecule has 2 aromatic rings. The van der Waals surface area contributed by atoms with Gasteiger partial charge >= 0.3 is 0 Å². The highest BCUT2D eigenvalue weighted by Gasteiger charge is 2.37. The molecule has 1 heterocycles. The van der Waals surface area contributed by atoms with Crippen LogP contribution in [0.25, 0.3) is 0 Å². The molecule has 5 rings (SSSR count). The Morgan fingerprint density at radius 2 is 1.62 bits per heavy atom. The van der Waals surface area contributed by atoms with Gasteiger partial charge in [0.1, 0.15) is 5.75 Å². The van der Waals surface area contributed by atoms with Gasteiger partial charge in [0.05, 0.1) is 14.2 Å². The first-order valence-electron chi connectivity index (χ1n) is 14.9. The van der Waals surface area contributed by atoms with Crippen molar-refractivity contribution in [3.8, 4) is 5.75 Å². The summed E-state index contributed by atoms with van der Waals surface area (Å²) in [6.07, 6.45) is 10.2. The average Bonchev–Trinajstić information content (AvgIpc) is 2.99. The molecule has 39 heavy (non-hydrogen) atoms. The molecule has 0 radical (unpaired) electrons. The van der Waals surface area contributed by atoms with E-state index in [0.29, 0.717) is 23.5 Å². The highest BCUT2D eigenvalue weighted by Crippen LogP contribution is 2.40. The summed E-state index contributed by atoms with van der Waals surface area (Å²) < 4.78 is 11.6. The van der Waals surface area contributed by atoms with E-state index in [1.165, 1.54) is 48.2 Å². The predicted octanol–water partition coefficient (Wildman–Crippen LogP) is 6.28. The van der Waals surface area contributed by atoms with Crippen molar-refractivity contribution in [2.45, 2.75) is 64.5 Å². The van der Waals surface area contributed by atoms with Gasteiger partial charge in [0, 0.05) is 18.5 Å². The lowest BCUT2D eigenvalue weighted by atomic mass is 9.72. The Hall–Kier alpha value is -2.76. The zero-order chi connectivity index (χ0) is 27.4. The minimum absolute atomic E-state index is 0.227. The number of piperidine rings is 1. The van der Waals surface area contributed by atoms with E-state index >= 15 is 0 Å². The molecule has 2 aromatic carbocycles. The number of phenols is 1. The second kappa shape index (κ2) is 12.6. The van der Waals surface area contributed by atoms with E-state index in [0.717, 1.165) is 50.4 Å². The van der Waals surface area contributed by atoms with Gasteiger partial charge in [0.2, 0.25) is 0 Å². The average molecular weight is 531 g/mol. The first kappa shape index (κ1) is 27.8. The first-order chi connectivity index (χ1) is 19.0. The lowest BCUT2D eigenvalue weighted by molar-refractivity contribution is 0.132. The molecule has 1 aliphatic heterocycles. The summed E-state index contributed by atoms with van der Waals surface area (Å²) in [5.41, 5.74) is 5.51. The normalized spacial score (nSPS) is 24.2. The van der Waals surface area contributed by atoms with Crippen molar-refractivity contribution in [1.29, 1.82) is 0 Å². The van der Waals surface area contributed by atoms with Crippen LogP contribution in [0, 0.1) is 11.8 Å². The molecule has 210 valence electrons. The van der Waals surface area contributed by atoms with E-state index in [1.54, 1.807) is 14.2 Å². The van der Waals surface area contributed by atoms with Gasteiger partial charge in [-0.25, -0.2) is 0 Å². The van der Waals surface area contributed by atoms with Crippen LogP contribution in [0.3, 0.4) is 0 Å². The Morgan fingerprint density at radius 1 is 0.897 bits per heavy atom. The number of likely N-dealkylation sites (tertiary alicyclic amines) is 1. The van der Waals surface area contributed by atoms with Crippen molar-refractivity contribution >= 4 is 0 Å². The summed E-state index contributed by atoms with van der Waals surface area (Å²) in [6.45, 7) is 9.99. The maximum Gasteiger partial charge on any atom is 0.158 e. The number of aryl methyl sites for hydroxylation is 1. The van der Waals surface area contributed by atoms with Crippen molar-refractivity contribution in [3.63, 3.8) is 0 Å². The van der Waals surface area contributed by atoms with Crippen LogP contribution >= 0.6 is 0 Å². The molecule has 5 nitrogen and oxygen atoms in total. The number of hydrogen-bond donors (Lipinski definition) is 1. The number of aromatic hydroxyl groups is 1. The maximum absolute atomic E-state index is 9.97. The fourth-order valence-electron chi connectivity index (χ4n) is 7.04. The van der Waals surface area contributed by atoms with E-state index in [2.05, 4.69) is 66.1 Å². The second-order valence-electron chi connectivity index (χ2n) is 11.5. The Morgan fingerprint density at radius 3 is 2.28 bits per heavy atom. The lowest BCUT2D eigenvalue weighted by Crippen LogP contribution is -2.44. The van der Waals surface area contributed by atoms with Gasteiger partial charge in [-0.3, -0.25) is 4.90 Å². The highest BCUT2D eigenvalue weighted by atomic mass is 16.5. The van der Waals surface area contributed by atoms with Gasteiger partial charge in [-0.05, 0) is 117 Å². The summed E-state index contributed by atoms with van der Waals surface area (Å²) >= 11 is 0. The van der Waals surface area contributed by atoms with Crippen LogP contribution in [0.4, 0.5) is 0 Å². The lowest BCUT2D eigenvalue weighted by Gasteiger charge is -2.41. The van der Waals surface area contributed by atoms with E-state index in [4.69, 9.17) is 9.47 Å². The van der Waals surface area contributed by atoms with Crippen molar-refractivity contribution in [2.24, 2.45) is 11.8 Å². The third-order valence-corrected chi connectivity index (χ3v) is 9.44. The highest BCUT2D eigenvalue weighted by molar-refractivity contribution is 5.38. The van der Waals surface area contributed by atoms with Crippen LogP contribution in [0.15, 0.2) is 66.1 Å². The van der Waals surface area contributed by atoms with Crippen LogP contribution in [-0.4, -0.2) is 61.3 Å². The molecule has 2 aliphatic carbocycles. The molecule has 0 bridgehead atoms. The summed E-state index contributed by atoms with van der Waals surface area (Å²) in [7, 11) is 3.47. The molecule has 0 spiro atoms. The van der Waals surface area contributed by atoms with Gasteiger partial charge in [-0.1, -0.05) is 44.2 Å². The summed E-state index contributed by atoms with van der Waals surface area (Å²) in [6, 6.07) is 15.6. The van der Waals surface area contributed by atoms with Gasteiger partial charge in [0.25, 0.3) is 0 Å². The zero-order valence-electron chi connectivity index (χ0n) is 24.2. The molecule has 1 fully saturated rings. The van der Waals surface area contributed by atoms with Gasteiger partial charge < -0.3 is 19.5 Å². The fourth-order valence-corrected chi connectivity index (χ4v) is 7.04. The molecule has 0 aromatic heterocycles. The van der Waals surface area contributed by atoms with E-state index < -0.39 is 0 Å². The molecule has 1 saturated heterocycles. The van der Waals surface area contributed by atoms with Crippen LogP contribution in [0.2, 0.25) is 0 Å². The van der Waals surface area contributed by atoms with E-state index in [1.807, 2.05) is 12.1 Å². The number of hydrogen-bond acceptors (Lipinski definition) is 5. The second-order valence-corrected chi connectivity index (χ2v) is 11.5. The Labute approximate surface area is 235 Å². The molecule has 5 heteroatoms. The Bertz CT molecular complexity index is 1160. The molecule has 3 aliphatic rings. The number of likely N-dealkylation sites (N-methyl/N-ethyl adjacent to an activating group) is 1. The van der Waals surface area contributed by atoms with Gasteiger partial charge in [-0.2, -0.15) is 0 Å². The summed E-state index contributed by atoms with van der Waals surface area (Å²) in [5, 5.41) is 9.97. The quantitative estimate of drug-likeness (QED) is 0.414. The predicted molar refractivity (Wildman–Crippen MR) is 158 cm³/mol. The summed E-state index contributed by atoms with van der Waals surface area (Å²) in [4.78, 5) is 5.15. The van der Waals surface area contributed by atoms with Gasteiger partial charge in [-0.15, -0.1) is 0 Å².